The van der Waals surface area contributed by atoms with Crippen molar-refractivity contribution in [3.05, 3.63) is 53.2 Å². The van der Waals surface area contributed by atoms with E-state index in [-0.39, 0.29) is 0 Å². The molecule has 6 heteroatoms. The molecule has 22 heavy (non-hydrogen) atoms. The van der Waals surface area contributed by atoms with Crippen LogP contribution in [-0.4, -0.2) is 23.8 Å². The summed E-state index contributed by atoms with van der Waals surface area (Å²) in [5.74, 6) is 1.26. The average molecular weight is 336 g/mol. The number of rotatable bonds is 6. The second-order valence-corrected chi connectivity index (χ2v) is 5.45. The zero-order chi connectivity index (χ0) is 15.8. The maximum atomic E-state index is 6.13. The molecule has 2 aromatic rings. The van der Waals surface area contributed by atoms with Crippen molar-refractivity contribution < 1.29 is 4.74 Å². The molecule has 2 N–H and O–H groups in total. The van der Waals surface area contributed by atoms with Crippen LogP contribution >= 0.6 is 23.8 Å². The Morgan fingerprint density at radius 1 is 1.27 bits per heavy atom. The van der Waals surface area contributed by atoms with Crippen molar-refractivity contribution >= 4 is 34.7 Å². The summed E-state index contributed by atoms with van der Waals surface area (Å²) in [6.07, 6.45) is 3.53. The Hall–Kier alpha value is -1.85. The number of ether oxygens (including phenoxy) is 1. The molecule has 0 radical (unpaired) electrons. The second kappa shape index (κ2) is 8.56. The van der Waals surface area contributed by atoms with E-state index in [2.05, 4.69) is 15.6 Å². The van der Waals surface area contributed by atoms with Crippen LogP contribution in [0, 0.1) is 0 Å². The highest BCUT2D eigenvalue weighted by Gasteiger charge is 2.05. The lowest BCUT2D eigenvalue weighted by atomic mass is 10.1. The minimum atomic E-state index is 0.524. The van der Waals surface area contributed by atoms with E-state index in [1.807, 2.05) is 36.4 Å². The molecule has 0 aliphatic carbocycles. The van der Waals surface area contributed by atoms with Crippen molar-refractivity contribution in [2.75, 3.05) is 19.0 Å². The molecule has 0 aliphatic rings. The number of halogens is 1. The van der Waals surface area contributed by atoms with Crippen LogP contribution in [0.3, 0.4) is 0 Å². The van der Waals surface area contributed by atoms with Gasteiger partial charge in [0.15, 0.2) is 16.7 Å². The summed E-state index contributed by atoms with van der Waals surface area (Å²) < 4.78 is 5.22. The van der Waals surface area contributed by atoms with Gasteiger partial charge in [0.25, 0.3) is 0 Å². The van der Waals surface area contributed by atoms with E-state index in [4.69, 9.17) is 28.6 Å². The normalized spacial score (nSPS) is 10.1. The number of benzene rings is 1. The maximum Gasteiger partial charge on any atom is 0.174 e. The van der Waals surface area contributed by atoms with Crippen LogP contribution in [0.5, 0.6) is 5.75 Å². The van der Waals surface area contributed by atoms with Crippen LogP contribution < -0.4 is 15.4 Å². The highest BCUT2D eigenvalue weighted by atomic mass is 35.5. The van der Waals surface area contributed by atoms with Gasteiger partial charge in [0.1, 0.15) is 0 Å². The number of pyridine rings is 1. The molecule has 2 rings (SSSR count). The summed E-state index contributed by atoms with van der Waals surface area (Å²) in [7, 11) is 1.60. The van der Waals surface area contributed by atoms with Gasteiger partial charge in [-0.1, -0.05) is 29.8 Å². The summed E-state index contributed by atoms with van der Waals surface area (Å²) in [5, 5.41) is 7.51. The Balaban J connectivity index is 1.75. The fourth-order valence-electron chi connectivity index (χ4n) is 1.98. The first kappa shape index (κ1) is 16.5. The molecule has 1 heterocycles. The number of hydrogen-bond acceptors (Lipinski definition) is 3. The van der Waals surface area contributed by atoms with Crippen LogP contribution in [0.15, 0.2) is 42.6 Å². The Morgan fingerprint density at radius 2 is 2.09 bits per heavy atom. The van der Waals surface area contributed by atoms with Gasteiger partial charge in [0, 0.05) is 17.8 Å². The molecule has 116 valence electrons. The molecule has 0 spiro atoms. The first-order valence-electron chi connectivity index (χ1n) is 6.98. The SMILES string of the molecule is COc1cccnc1NC(=S)NCCCc1ccccc1Cl. The molecular weight excluding hydrogens is 318 g/mol. The van der Waals surface area contributed by atoms with Crippen LogP contribution in [-0.2, 0) is 6.42 Å². The van der Waals surface area contributed by atoms with Gasteiger partial charge in [-0.05, 0) is 48.8 Å². The predicted octanol–water partition coefficient (Wildman–Crippen LogP) is 3.66. The van der Waals surface area contributed by atoms with Crippen LogP contribution in [0.25, 0.3) is 0 Å². The highest BCUT2D eigenvalue weighted by molar-refractivity contribution is 7.80. The number of aromatic nitrogens is 1. The minimum Gasteiger partial charge on any atom is -0.493 e. The van der Waals surface area contributed by atoms with Crippen LogP contribution in [0.4, 0.5) is 5.82 Å². The third kappa shape index (κ3) is 4.86. The maximum absolute atomic E-state index is 6.13. The van der Waals surface area contributed by atoms with Crippen molar-refractivity contribution in [3.8, 4) is 5.75 Å². The number of anilines is 1. The van der Waals surface area contributed by atoms with Crippen LogP contribution in [0.2, 0.25) is 5.02 Å². The van der Waals surface area contributed by atoms with Gasteiger partial charge in [-0.15, -0.1) is 0 Å². The van der Waals surface area contributed by atoms with E-state index in [0.717, 1.165) is 30.0 Å². The molecule has 0 saturated carbocycles. The molecular formula is C16H18ClN3OS. The van der Waals surface area contributed by atoms with Gasteiger partial charge < -0.3 is 15.4 Å². The lowest BCUT2D eigenvalue weighted by Crippen LogP contribution is -2.30. The molecule has 0 atom stereocenters. The lowest BCUT2D eigenvalue weighted by Gasteiger charge is -2.12. The van der Waals surface area contributed by atoms with Crippen molar-refractivity contribution in [1.82, 2.24) is 10.3 Å². The fraction of sp³-hybridized carbons (Fsp3) is 0.250. The molecule has 0 bridgehead atoms. The van der Waals surface area contributed by atoms with Crippen LogP contribution in [0.1, 0.15) is 12.0 Å². The molecule has 4 nitrogen and oxygen atoms in total. The van der Waals surface area contributed by atoms with Gasteiger partial charge in [-0.2, -0.15) is 0 Å². The molecule has 0 fully saturated rings. The minimum absolute atomic E-state index is 0.524. The Labute approximate surface area is 140 Å². The quantitative estimate of drug-likeness (QED) is 0.623. The molecule has 1 aromatic carbocycles. The smallest absolute Gasteiger partial charge is 0.174 e. The lowest BCUT2D eigenvalue weighted by molar-refractivity contribution is 0.415. The Kier molecular flexibility index (Phi) is 6.43. The monoisotopic (exact) mass is 335 g/mol. The number of aryl methyl sites for hydroxylation is 1. The van der Waals surface area contributed by atoms with Gasteiger partial charge in [-0.25, -0.2) is 4.98 Å². The topological polar surface area (TPSA) is 46.2 Å². The third-order valence-corrected chi connectivity index (χ3v) is 3.70. The number of nitrogens with zero attached hydrogens (tertiary/aromatic N) is 1. The van der Waals surface area contributed by atoms with Crippen molar-refractivity contribution in [1.29, 1.82) is 0 Å². The zero-order valence-electron chi connectivity index (χ0n) is 12.3. The summed E-state index contributed by atoms with van der Waals surface area (Å²) in [5.41, 5.74) is 1.15. The predicted molar refractivity (Wildman–Crippen MR) is 94.8 cm³/mol. The third-order valence-electron chi connectivity index (χ3n) is 3.09. The molecule has 0 aliphatic heterocycles. The van der Waals surface area contributed by atoms with Gasteiger partial charge in [0.05, 0.1) is 7.11 Å². The van der Waals surface area contributed by atoms with Crippen molar-refractivity contribution in [2.45, 2.75) is 12.8 Å². The van der Waals surface area contributed by atoms with E-state index in [1.54, 1.807) is 13.3 Å². The highest BCUT2D eigenvalue weighted by Crippen LogP contribution is 2.19. The Bertz CT molecular complexity index is 636. The van der Waals surface area contributed by atoms with E-state index in [1.165, 1.54) is 0 Å². The summed E-state index contributed by atoms with van der Waals surface area (Å²) in [4.78, 5) is 4.20. The number of methoxy groups -OCH3 is 1. The first-order valence-corrected chi connectivity index (χ1v) is 7.76. The fourth-order valence-corrected chi connectivity index (χ4v) is 2.41. The zero-order valence-corrected chi connectivity index (χ0v) is 13.9. The number of thiocarbonyl (C=S) groups is 1. The van der Waals surface area contributed by atoms with Gasteiger partial charge in [0.2, 0.25) is 0 Å². The number of hydrogen-bond donors (Lipinski definition) is 2. The summed E-state index contributed by atoms with van der Waals surface area (Å²) >= 11 is 11.4. The summed E-state index contributed by atoms with van der Waals surface area (Å²) in [6, 6.07) is 11.5. The molecule has 1 aromatic heterocycles. The number of nitrogens with one attached hydrogen (secondary N) is 2. The van der Waals surface area contributed by atoms with E-state index in [0.29, 0.717) is 16.7 Å². The van der Waals surface area contributed by atoms with E-state index >= 15 is 0 Å². The van der Waals surface area contributed by atoms with Crippen molar-refractivity contribution in [2.24, 2.45) is 0 Å². The van der Waals surface area contributed by atoms with Crippen molar-refractivity contribution in [3.63, 3.8) is 0 Å². The second-order valence-electron chi connectivity index (χ2n) is 4.63. The first-order chi connectivity index (χ1) is 10.7. The average Bonchev–Trinajstić information content (AvgIpc) is 2.53. The summed E-state index contributed by atoms with van der Waals surface area (Å²) in [6.45, 7) is 0.756. The molecule has 0 saturated heterocycles. The largest absolute Gasteiger partial charge is 0.493 e. The van der Waals surface area contributed by atoms with E-state index in [9.17, 15) is 0 Å². The Morgan fingerprint density at radius 3 is 2.86 bits per heavy atom. The molecule has 0 unspecified atom stereocenters. The standard InChI is InChI=1S/C16H18ClN3OS/c1-21-14-9-5-10-18-15(14)20-16(22)19-11-4-7-12-6-2-3-8-13(12)17/h2-3,5-6,8-10H,4,7,11H2,1H3,(H2,18,19,20,22). The van der Waals surface area contributed by atoms with Gasteiger partial charge >= 0.3 is 0 Å². The molecule has 0 amide bonds. The van der Waals surface area contributed by atoms with E-state index < -0.39 is 0 Å². The van der Waals surface area contributed by atoms with Gasteiger partial charge in [-0.3, -0.25) is 0 Å².